The summed E-state index contributed by atoms with van der Waals surface area (Å²) in [7, 11) is 0. The van der Waals surface area contributed by atoms with E-state index in [-0.39, 0.29) is 6.61 Å². The first-order valence-electron chi connectivity index (χ1n) is 4.10. The summed E-state index contributed by atoms with van der Waals surface area (Å²) in [5.41, 5.74) is 0. The number of aliphatic hydroxyl groups is 2. The highest BCUT2D eigenvalue weighted by Crippen LogP contribution is 2.29. The number of carbonyl (C=O) groups is 1. The van der Waals surface area contributed by atoms with Crippen LogP contribution < -0.4 is 0 Å². The third-order valence-electron chi connectivity index (χ3n) is 1.88. The highest BCUT2D eigenvalue weighted by molar-refractivity contribution is 5.56. The molecular formula is C8H14O5. The molecule has 13 heavy (non-hydrogen) atoms. The van der Waals surface area contributed by atoms with Crippen LogP contribution in [0.3, 0.4) is 0 Å². The molecule has 0 saturated carbocycles. The molecule has 0 radical (unpaired) electrons. The van der Waals surface area contributed by atoms with Gasteiger partial charge in [-0.15, -0.1) is 0 Å². The van der Waals surface area contributed by atoms with Crippen molar-refractivity contribution >= 4 is 6.29 Å². The lowest BCUT2D eigenvalue weighted by molar-refractivity contribution is -0.157. The van der Waals surface area contributed by atoms with Crippen molar-refractivity contribution in [3.05, 3.63) is 0 Å². The Hall–Kier alpha value is -0.490. The normalized spacial score (nSPS) is 34.5. The molecular weight excluding hydrogens is 176 g/mol. The third kappa shape index (κ3) is 2.25. The van der Waals surface area contributed by atoms with E-state index in [1.165, 1.54) is 0 Å². The highest BCUT2D eigenvalue weighted by Gasteiger charge is 2.44. The predicted molar refractivity (Wildman–Crippen MR) is 43.0 cm³/mol. The van der Waals surface area contributed by atoms with Crippen molar-refractivity contribution in [2.45, 2.75) is 37.9 Å². The number of aliphatic hydroxyl groups excluding tert-OH is 2. The molecule has 1 saturated heterocycles. The maximum Gasteiger partial charge on any atom is 0.164 e. The summed E-state index contributed by atoms with van der Waals surface area (Å²) < 4.78 is 10.5. The van der Waals surface area contributed by atoms with E-state index in [1.807, 2.05) is 0 Å². The molecule has 0 aliphatic carbocycles. The van der Waals surface area contributed by atoms with Gasteiger partial charge in [-0.05, 0) is 13.8 Å². The van der Waals surface area contributed by atoms with Crippen LogP contribution in [0.1, 0.15) is 13.8 Å². The average molecular weight is 190 g/mol. The van der Waals surface area contributed by atoms with Crippen LogP contribution in [0.5, 0.6) is 0 Å². The second kappa shape index (κ2) is 3.71. The van der Waals surface area contributed by atoms with Gasteiger partial charge in [0.05, 0.1) is 6.61 Å². The van der Waals surface area contributed by atoms with Crippen molar-refractivity contribution in [1.29, 1.82) is 0 Å². The zero-order valence-corrected chi connectivity index (χ0v) is 7.64. The Balaban J connectivity index is 2.68. The lowest BCUT2D eigenvalue weighted by Crippen LogP contribution is -2.38. The Kier molecular flexibility index (Phi) is 3.02. The minimum Gasteiger partial charge on any atom is -0.394 e. The van der Waals surface area contributed by atoms with Crippen LogP contribution in [0, 0.1) is 0 Å². The van der Waals surface area contributed by atoms with Gasteiger partial charge < -0.3 is 24.5 Å². The molecule has 1 heterocycles. The molecule has 0 unspecified atom stereocenters. The Morgan fingerprint density at radius 2 is 2.15 bits per heavy atom. The molecule has 5 heteroatoms. The first-order chi connectivity index (χ1) is 6.00. The van der Waals surface area contributed by atoms with E-state index >= 15 is 0 Å². The van der Waals surface area contributed by atoms with E-state index in [4.69, 9.17) is 14.6 Å². The summed E-state index contributed by atoms with van der Waals surface area (Å²) in [5.74, 6) is -0.859. The van der Waals surface area contributed by atoms with E-state index in [2.05, 4.69) is 0 Å². The van der Waals surface area contributed by atoms with Gasteiger partial charge in [0.15, 0.2) is 12.1 Å². The summed E-state index contributed by atoms with van der Waals surface area (Å²) in [6.45, 7) is 3.04. The zero-order chi connectivity index (χ0) is 10.1. The average Bonchev–Trinajstić information content (AvgIpc) is 2.39. The number of carbonyl (C=O) groups excluding carboxylic acids is 1. The van der Waals surface area contributed by atoms with Gasteiger partial charge in [0.1, 0.15) is 18.3 Å². The summed E-state index contributed by atoms with van der Waals surface area (Å²) in [6.07, 6.45) is -2.30. The van der Waals surface area contributed by atoms with Crippen LogP contribution in [0.2, 0.25) is 0 Å². The van der Waals surface area contributed by atoms with Crippen LogP contribution in [-0.4, -0.2) is 47.2 Å². The SMILES string of the molecule is CC1(C)O[C@H]([C@@H](O)C=O)[C@H](CO)O1. The Bertz CT molecular complexity index is 191. The largest absolute Gasteiger partial charge is 0.394 e. The summed E-state index contributed by atoms with van der Waals surface area (Å²) in [4.78, 5) is 10.3. The van der Waals surface area contributed by atoms with Crippen molar-refractivity contribution in [1.82, 2.24) is 0 Å². The lowest BCUT2D eigenvalue weighted by Gasteiger charge is -2.17. The lowest BCUT2D eigenvalue weighted by atomic mass is 10.1. The first-order valence-corrected chi connectivity index (χ1v) is 4.10. The van der Waals surface area contributed by atoms with Crippen molar-refractivity contribution in [2.24, 2.45) is 0 Å². The van der Waals surface area contributed by atoms with Crippen molar-refractivity contribution in [3.8, 4) is 0 Å². The number of hydrogen-bond acceptors (Lipinski definition) is 5. The fourth-order valence-electron chi connectivity index (χ4n) is 1.37. The quantitative estimate of drug-likeness (QED) is 0.562. The number of hydrogen-bond donors (Lipinski definition) is 2. The van der Waals surface area contributed by atoms with Crippen LogP contribution in [0.15, 0.2) is 0 Å². The minimum atomic E-state index is -1.25. The van der Waals surface area contributed by atoms with Gasteiger partial charge in [0.2, 0.25) is 0 Å². The molecule has 1 fully saturated rings. The van der Waals surface area contributed by atoms with Gasteiger partial charge >= 0.3 is 0 Å². The Morgan fingerprint density at radius 3 is 2.62 bits per heavy atom. The van der Waals surface area contributed by atoms with Crippen LogP contribution in [0.25, 0.3) is 0 Å². The van der Waals surface area contributed by atoms with E-state index < -0.39 is 24.1 Å². The molecule has 0 aromatic heterocycles. The predicted octanol–water partition coefficient (Wildman–Crippen LogP) is -0.941. The standard InChI is InChI=1S/C8H14O5/c1-8(2)12-6(4-10)7(13-8)5(11)3-9/h3,5-7,10-11H,4H2,1-2H3/t5-,6-,7+/m0/s1. The first kappa shape index (κ1) is 10.6. The van der Waals surface area contributed by atoms with Gasteiger partial charge in [-0.25, -0.2) is 0 Å². The fourth-order valence-corrected chi connectivity index (χ4v) is 1.37. The molecule has 3 atom stereocenters. The van der Waals surface area contributed by atoms with E-state index in [1.54, 1.807) is 13.8 Å². The Morgan fingerprint density at radius 1 is 1.54 bits per heavy atom. The molecule has 0 aromatic carbocycles. The van der Waals surface area contributed by atoms with Crippen LogP contribution in [0.4, 0.5) is 0 Å². The van der Waals surface area contributed by atoms with E-state index in [0.29, 0.717) is 6.29 Å². The topological polar surface area (TPSA) is 76.0 Å². The van der Waals surface area contributed by atoms with Crippen molar-refractivity contribution in [3.63, 3.8) is 0 Å². The summed E-state index contributed by atoms with van der Waals surface area (Å²) in [6, 6.07) is 0. The maximum atomic E-state index is 10.3. The maximum absolute atomic E-state index is 10.3. The highest BCUT2D eigenvalue weighted by atomic mass is 16.8. The zero-order valence-electron chi connectivity index (χ0n) is 7.64. The molecule has 0 bridgehead atoms. The summed E-state index contributed by atoms with van der Waals surface area (Å²) >= 11 is 0. The second-order valence-electron chi connectivity index (χ2n) is 3.45. The molecule has 0 amide bonds. The Labute approximate surface area is 76.3 Å². The molecule has 2 N–H and O–H groups in total. The molecule has 76 valence electrons. The molecule has 0 spiro atoms. The van der Waals surface area contributed by atoms with Gasteiger partial charge in [-0.2, -0.15) is 0 Å². The van der Waals surface area contributed by atoms with Crippen LogP contribution in [-0.2, 0) is 14.3 Å². The van der Waals surface area contributed by atoms with Crippen LogP contribution >= 0.6 is 0 Å². The number of rotatable bonds is 3. The number of aldehydes is 1. The third-order valence-corrected chi connectivity index (χ3v) is 1.88. The summed E-state index contributed by atoms with van der Waals surface area (Å²) in [5, 5.41) is 18.1. The fraction of sp³-hybridized carbons (Fsp3) is 0.875. The minimum absolute atomic E-state index is 0.279. The van der Waals surface area contributed by atoms with Gasteiger partial charge in [-0.1, -0.05) is 0 Å². The number of ether oxygens (including phenoxy) is 2. The van der Waals surface area contributed by atoms with Crippen molar-refractivity contribution < 1.29 is 24.5 Å². The molecule has 1 aliphatic rings. The van der Waals surface area contributed by atoms with E-state index in [0.717, 1.165) is 0 Å². The molecule has 0 aromatic rings. The van der Waals surface area contributed by atoms with Gasteiger partial charge in [0.25, 0.3) is 0 Å². The van der Waals surface area contributed by atoms with Crippen molar-refractivity contribution in [2.75, 3.05) is 6.61 Å². The molecule has 1 aliphatic heterocycles. The molecule has 5 nitrogen and oxygen atoms in total. The van der Waals surface area contributed by atoms with E-state index in [9.17, 15) is 9.90 Å². The molecule has 1 rings (SSSR count). The second-order valence-corrected chi connectivity index (χ2v) is 3.45. The van der Waals surface area contributed by atoms with Gasteiger partial charge in [-0.3, -0.25) is 0 Å². The monoisotopic (exact) mass is 190 g/mol. The smallest absolute Gasteiger partial charge is 0.164 e. The van der Waals surface area contributed by atoms with Gasteiger partial charge in [0, 0.05) is 0 Å².